The van der Waals surface area contributed by atoms with Crippen LogP contribution >= 0.6 is 0 Å². The topological polar surface area (TPSA) is 48.0 Å². The van der Waals surface area contributed by atoms with Crippen LogP contribution in [-0.2, 0) is 16.1 Å². The van der Waals surface area contributed by atoms with Crippen LogP contribution in [0.2, 0.25) is 0 Å². The van der Waals surface area contributed by atoms with Crippen LogP contribution in [0.1, 0.15) is 11.1 Å². The van der Waals surface area contributed by atoms with E-state index >= 15 is 0 Å². The number of carbonyl (C=O) groups excluding carboxylic acids is 1. The summed E-state index contributed by atoms with van der Waals surface area (Å²) in [5.41, 5.74) is 2.00. The molecule has 0 atom stereocenters. The van der Waals surface area contributed by atoms with Crippen molar-refractivity contribution in [3.63, 3.8) is 0 Å². The molecule has 0 aliphatic carbocycles. The fraction of sp³-hybridized carbons (Fsp3) is 0.235. The quantitative estimate of drug-likeness (QED) is 0.797. The highest BCUT2D eigenvalue weighted by molar-refractivity contribution is 5.74. The van der Waals surface area contributed by atoms with Gasteiger partial charge in [-0.2, -0.15) is 0 Å². The van der Waals surface area contributed by atoms with Crippen LogP contribution in [0, 0.1) is 0 Å². The highest BCUT2D eigenvalue weighted by Crippen LogP contribution is 2.30. The molecule has 0 bridgehead atoms. The first-order valence-electron chi connectivity index (χ1n) is 7.02. The zero-order chi connectivity index (χ0) is 15.5. The maximum absolute atomic E-state index is 12.2. The molecule has 0 aromatic heterocycles. The van der Waals surface area contributed by atoms with Crippen molar-refractivity contribution >= 4 is 5.97 Å². The molecular formula is C17H17NO4. The Bertz CT molecular complexity index is 636. The molecule has 114 valence electrons. The SMILES string of the molecule is CN(C)OC(=O)C1Oc2ccccc2Cc2ccccc2O1. The van der Waals surface area contributed by atoms with Crippen LogP contribution in [0.25, 0.3) is 0 Å². The third-order valence-electron chi connectivity index (χ3n) is 3.26. The lowest BCUT2D eigenvalue weighted by Crippen LogP contribution is -2.38. The van der Waals surface area contributed by atoms with Crippen molar-refractivity contribution < 1.29 is 19.1 Å². The van der Waals surface area contributed by atoms with Gasteiger partial charge in [0.15, 0.2) is 0 Å². The van der Waals surface area contributed by atoms with Crippen molar-refractivity contribution in [1.29, 1.82) is 0 Å². The zero-order valence-corrected chi connectivity index (χ0v) is 12.5. The maximum atomic E-state index is 12.2. The Balaban J connectivity index is 1.99. The summed E-state index contributed by atoms with van der Waals surface area (Å²) in [5, 5.41) is 1.31. The molecule has 0 fully saturated rings. The Kier molecular flexibility index (Phi) is 3.98. The van der Waals surface area contributed by atoms with Crippen LogP contribution in [-0.4, -0.2) is 31.4 Å². The summed E-state index contributed by atoms with van der Waals surface area (Å²) < 4.78 is 11.5. The smallest absolute Gasteiger partial charge is 0.408 e. The van der Waals surface area contributed by atoms with Crippen molar-refractivity contribution in [3.05, 3.63) is 59.7 Å². The largest absolute Gasteiger partial charge is 0.445 e. The van der Waals surface area contributed by atoms with Crippen LogP contribution < -0.4 is 9.47 Å². The number of nitrogens with zero attached hydrogens (tertiary/aromatic N) is 1. The average molecular weight is 299 g/mol. The molecule has 1 heterocycles. The molecule has 0 saturated heterocycles. The Morgan fingerprint density at radius 1 is 1.00 bits per heavy atom. The first kappa shape index (κ1) is 14.4. The lowest BCUT2D eigenvalue weighted by molar-refractivity contribution is -0.199. The van der Waals surface area contributed by atoms with Crippen molar-refractivity contribution in [3.8, 4) is 11.5 Å². The summed E-state index contributed by atoms with van der Waals surface area (Å²) in [6.45, 7) is 0. The fourth-order valence-electron chi connectivity index (χ4n) is 2.31. The monoisotopic (exact) mass is 299 g/mol. The second kappa shape index (κ2) is 6.07. The first-order valence-corrected chi connectivity index (χ1v) is 7.02. The number of fused-ring (bicyclic) bond motifs is 2. The van der Waals surface area contributed by atoms with E-state index in [1.807, 2.05) is 48.5 Å². The lowest BCUT2D eigenvalue weighted by Gasteiger charge is -2.25. The van der Waals surface area contributed by atoms with E-state index in [1.165, 1.54) is 5.06 Å². The fourth-order valence-corrected chi connectivity index (χ4v) is 2.31. The molecule has 0 unspecified atom stereocenters. The molecule has 0 radical (unpaired) electrons. The van der Waals surface area contributed by atoms with Gasteiger partial charge < -0.3 is 14.3 Å². The van der Waals surface area contributed by atoms with Crippen LogP contribution in [0.3, 0.4) is 0 Å². The first-order chi connectivity index (χ1) is 10.6. The van der Waals surface area contributed by atoms with Crippen LogP contribution in [0.5, 0.6) is 11.5 Å². The number of ether oxygens (including phenoxy) is 2. The van der Waals surface area contributed by atoms with Crippen molar-refractivity contribution in [2.45, 2.75) is 12.7 Å². The van der Waals surface area contributed by atoms with Gasteiger partial charge in [0, 0.05) is 20.5 Å². The minimum Gasteiger partial charge on any atom is -0.445 e. The Morgan fingerprint density at radius 3 is 2.00 bits per heavy atom. The summed E-state index contributed by atoms with van der Waals surface area (Å²) in [6.07, 6.45) is -0.466. The van der Waals surface area contributed by atoms with E-state index in [2.05, 4.69) is 0 Å². The van der Waals surface area contributed by atoms with Crippen molar-refractivity contribution in [2.75, 3.05) is 14.1 Å². The number of rotatable bonds is 2. The molecule has 2 aromatic rings. The van der Waals surface area contributed by atoms with Gasteiger partial charge in [0.1, 0.15) is 11.5 Å². The predicted octanol–water partition coefficient (Wildman–Crippen LogP) is 2.39. The molecular weight excluding hydrogens is 282 g/mol. The average Bonchev–Trinajstić information content (AvgIpc) is 2.46. The number of carbonyl (C=O) groups is 1. The molecule has 0 amide bonds. The van der Waals surface area contributed by atoms with E-state index in [-0.39, 0.29) is 0 Å². The van der Waals surface area contributed by atoms with E-state index < -0.39 is 12.3 Å². The summed E-state index contributed by atoms with van der Waals surface area (Å²) in [7, 11) is 3.26. The van der Waals surface area contributed by atoms with Gasteiger partial charge in [0.25, 0.3) is 0 Å². The van der Waals surface area contributed by atoms with Gasteiger partial charge in [-0.3, -0.25) is 0 Å². The number of hydroxylamine groups is 2. The molecule has 2 aromatic carbocycles. The van der Waals surface area contributed by atoms with E-state index in [9.17, 15) is 4.79 Å². The van der Waals surface area contributed by atoms with Gasteiger partial charge in [0.05, 0.1) is 0 Å². The molecule has 1 aliphatic rings. The molecule has 1 aliphatic heterocycles. The highest BCUT2D eigenvalue weighted by atomic mass is 16.8. The van der Waals surface area contributed by atoms with Gasteiger partial charge in [-0.1, -0.05) is 36.4 Å². The molecule has 0 spiro atoms. The Hall–Kier alpha value is -2.53. The van der Waals surface area contributed by atoms with E-state index in [0.29, 0.717) is 17.9 Å². The van der Waals surface area contributed by atoms with E-state index in [0.717, 1.165) is 11.1 Å². The van der Waals surface area contributed by atoms with Crippen molar-refractivity contribution in [2.24, 2.45) is 0 Å². The lowest BCUT2D eigenvalue weighted by atomic mass is 10.0. The molecule has 5 nitrogen and oxygen atoms in total. The molecule has 22 heavy (non-hydrogen) atoms. The molecule has 0 saturated carbocycles. The maximum Gasteiger partial charge on any atom is 0.408 e. The standard InChI is InChI=1S/C17H17NO4/c1-18(2)22-16(19)17-20-14-9-5-3-7-12(14)11-13-8-4-6-10-15(13)21-17/h3-10,17H,11H2,1-2H3. The van der Waals surface area contributed by atoms with Gasteiger partial charge in [-0.05, 0) is 23.3 Å². The zero-order valence-electron chi connectivity index (χ0n) is 12.5. The van der Waals surface area contributed by atoms with E-state index in [4.69, 9.17) is 14.3 Å². The van der Waals surface area contributed by atoms with Gasteiger partial charge >= 0.3 is 12.3 Å². The second-order valence-electron chi connectivity index (χ2n) is 5.18. The number of hydrogen-bond donors (Lipinski definition) is 0. The molecule has 0 N–H and O–H groups in total. The number of benzene rings is 2. The number of para-hydroxylation sites is 2. The minimum atomic E-state index is -1.15. The second-order valence-corrected chi connectivity index (χ2v) is 5.18. The highest BCUT2D eigenvalue weighted by Gasteiger charge is 2.29. The summed E-state index contributed by atoms with van der Waals surface area (Å²) >= 11 is 0. The van der Waals surface area contributed by atoms with Gasteiger partial charge in [0.2, 0.25) is 0 Å². The summed E-state index contributed by atoms with van der Waals surface area (Å²) in [6, 6.07) is 15.2. The van der Waals surface area contributed by atoms with Gasteiger partial charge in [-0.25, -0.2) is 4.79 Å². The van der Waals surface area contributed by atoms with Gasteiger partial charge in [-0.15, -0.1) is 5.06 Å². The van der Waals surface area contributed by atoms with Crippen LogP contribution in [0.15, 0.2) is 48.5 Å². The minimum absolute atomic E-state index is 0.600. The Labute approximate surface area is 129 Å². The van der Waals surface area contributed by atoms with E-state index in [1.54, 1.807) is 14.1 Å². The Morgan fingerprint density at radius 2 is 1.50 bits per heavy atom. The number of hydrogen-bond acceptors (Lipinski definition) is 5. The van der Waals surface area contributed by atoms with Crippen LogP contribution in [0.4, 0.5) is 0 Å². The third kappa shape index (κ3) is 3.04. The third-order valence-corrected chi connectivity index (χ3v) is 3.26. The summed E-state index contributed by atoms with van der Waals surface area (Å²) in [4.78, 5) is 17.2. The molecule has 5 heteroatoms. The molecule has 3 rings (SSSR count). The summed E-state index contributed by atoms with van der Waals surface area (Å²) in [5.74, 6) is 0.645. The predicted molar refractivity (Wildman–Crippen MR) is 80.5 cm³/mol. The normalized spacial score (nSPS) is 14.0. The van der Waals surface area contributed by atoms with Crippen molar-refractivity contribution in [1.82, 2.24) is 5.06 Å².